The Bertz CT molecular complexity index is 1920. The fourth-order valence-electron chi connectivity index (χ4n) is 8.34. The van der Waals surface area contributed by atoms with E-state index in [0.717, 1.165) is 13.1 Å². The summed E-state index contributed by atoms with van der Waals surface area (Å²) in [7, 11) is -1.58. The predicted octanol–water partition coefficient (Wildman–Crippen LogP) is 10.5. The minimum Gasteiger partial charge on any atom is -0.296 e. The van der Waals surface area contributed by atoms with Gasteiger partial charge in [-0.1, -0.05) is 174 Å². The molecule has 51 heavy (non-hydrogen) atoms. The first-order valence-electron chi connectivity index (χ1n) is 18.6. The van der Waals surface area contributed by atoms with Crippen LogP contribution in [-0.2, 0) is 0 Å². The van der Waals surface area contributed by atoms with E-state index in [-0.39, 0.29) is 12.0 Å². The maximum absolute atomic E-state index is 2.72. The number of hydrogen-bond acceptors (Lipinski definition) is 1. The highest BCUT2D eigenvalue weighted by Gasteiger charge is 2.37. The molecule has 0 aromatic heterocycles. The average Bonchev–Trinajstić information content (AvgIpc) is 3.51. The second-order valence-electron chi connectivity index (χ2n) is 14.8. The van der Waals surface area contributed by atoms with Crippen molar-refractivity contribution < 1.29 is 0 Å². The fourth-order valence-corrected chi connectivity index (χ4v) is 14.2. The summed E-state index contributed by atoms with van der Waals surface area (Å²) < 4.78 is 0. The van der Waals surface area contributed by atoms with E-state index in [1.165, 1.54) is 76.6 Å². The van der Waals surface area contributed by atoms with Gasteiger partial charge in [-0.25, -0.2) is 0 Å². The van der Waals surface area contributed by atoms with Gasteiger partial charge in [-0.15, -0.1) is 0 Å². The Morgan fingerprint density at radius 1 is 0.510 bits per heavy atom. The van der Waals surface area contributed by atoms with Gasteiger partial charge < -0.3 is 0 Å². The maximum atomic E-state index is 2.72. The van der Waals surface area contributed by atoms with Crippen LogP contribution in [-0.4, -0.2) is 18.0 Å². The summed E-state index contributed by atoms with van der Waals surface area (Å²) in [5.41, 5.74) is 12.1. The van der Waals surface area contributed by atoms with Gasteiger partial charge in [0.2, 0.25) is 0 Å². The van der Waals surface area contributed by atoms with Crippen LogP contribution in [0.2, 0.25) is 0 Å². The van der Waals surface area contributed by atoms with Gasteiger partial charge >= 0.3 is 0 Å². The van der Waals surface area contributed by atoms with Crippen LogP contribution >= 0.6 is 15.8 Å². The molecule has 5 aromatic carbocycles. The molecule has 0 spiro atoms. The molecule has 2 unspecified atom stereocenters. The molecule has 1 aliphatic carbocycles. The zero-order chi connectivity index (χ0) is 36.4. The van der Waals surface area contributed by atoms with Gasteiger partial charge in [0.25, 0.3) is 0 Å². The lowest BCUT2D eigenvalue weighted by atomic mass is 9.92. The molecule has 0 saturated carbocycles. The second kappa shape index (κ2) is 16.0. The quantitative estimate of drug-likeness (QED) is 0.124. The van der Waals surface area contributed by atoms with Crippen LogP contribution < -0.4 is 26.5 Å². The minimum absolute atomic E-state index is 0.199. The Labute approximate surface area is 311 Å². The zero-order valence-electron chi connectivity index (χ0n) is 32.4. The molecule has 0 aliphatic heterocycles. The van der Waals surface area contributed by atoms with Crippen LogP contribution in [0.5, 0.6) is 0 Å². The van der Waals surface area contributed by atoms with Crippen molar-refractivity contribution in [2.75, 3.05) is 13.1 Å². The molecule has 5 aromatic rings. The lowest BCUT2D eigenvalue weighted by molar-refractivity contribution is 0.194. The number of allylic oxidation sites excluding steroid dienone is 2. The van der Waals surface area contributed by atoms with Gasteiger partial charge in [0, 0.05) is 12.0 Å². The van der Waals surface area contributed by atoms with Crippen molar-refractivity contribution in [3.05, 3.63) is 171 Å². The molecule has 0 heterocycles. The Hall–Kier alpha value is -3.60. The summed E-state index contributed by atoms with van der Waals surface area (Å²) in [5.74, 6) is 0.245. The van der Waals surface area contributed by atoms with Crippen LogP contribution in [0.4, 0.5) is 0 Å². The number of hydrogen-bond donors (Lipinski definition) is 0. The van der Waals surface area contributed by atoms with Gasteiger partial charge in [0.1, 0.15) is 0 Å². The first-order valence-corrected chi connectivity index (χ1v) is 21.3. The van der Waals surface area contributed by atoms with Crippen molar-refractivity contribution in [3.63, 3.8) is 0 Å². The van der Waals surface area contributed by atoms with Crippen molar-refractivity contribution in [2.24, 2.45) is 5.92 Å². The first-order chi connectivity index (χ1) is 24.4. The van der Waals surface area contributed by atoms with E-state index in [0.29, 0.717) is 0 Å². The summed E-state index contributed by atoms with van der Waals surface area (Å²) in [5, 5.41) is 8.79. The van der Waals surface area contributed by atoms with Crippen molar-refractivity contribution in [3.8, 4) is 0 Å². The Morgan fingerprint density at radius 3 is 1.27 bits per heavy atom. The van der Waals surface area contributed by atoms with Crippen LogP contribution in [0.3, 0.4) is 0 Å². The van der Waals surface area contributed by atoms with Gasteiger partial charge in [0.15, 0.2) is 0 Å². The van der Waals surface area contributed by atoms with Crippen molar-refractivity contribution in [2.45, 2.75) is 75.3 Å². The average molecular weight is 708 g/mol. The molecule has 0 N–H and O–H groups in total. The van der Waals surface area contributed by atoms with Crippen molar-refractivity contribution in [1.82, 2.24) is 4.90 Å². The summed E-state index contributed by atoms with van der Waals surface area (Å²) in [6.07, 6.45) is 7.35. The molecule has 0 amide bonds. The Kier molecular flexibility index (Phi) is 11.6. The van der Waals surface area contributed by atoms with E-state index in [1.54, 1.807) is 5.31 Å². The van der Waals surface area contributed by atoms with Crippen molar-refractivity contribution >= 4 is 42.4 Å². The highest BCUT2D eigenvalue weighted by atomic mass is 31.1. The molecule has 0 saturated heterocycles. The maximum Gasteiger partial charge on any atom is 0.0458 e. The highest BCUT2D eigenvalue weighted by Crippen LogP contribution is 2.54. The molecule has 0 radical (unpaired) electrons. The fraction of sp³-hybridized carbons (Fsp3) is 0.292. The summed E-state index contributed by atoms with van der Waals surface area (Å²) >= 11 is 0. The lowest BCUT2D eigenvalue weighted by Crippen LogP contribution is -2.37. The van der Waals surface area contributed by atoms with Gasteiger partial charge in [-0.3, -0.25) is 4.90 Å². The van der Waals surface area contributed by atoms with Gasteiger partial charge in [-0.05, 0) is 122 Å². The molecular formula is C48H55NP2. The van der Waals surface area contributed by atoms with E-state index in [4.69, 9.17) is 0 Å². The molecule has 6 rings (SSSR count). The number of benzene rings is 5. The smallest absolute Gasteiger partial charge is 0.0458 e. The molecule has 1 aliphatic rings. The second-order valence-corrected chi connectivity index (χ2v) is 19.2. The van der Waals surface area contributed by atoms with Crippen molar-refractivity contribution in [1.29, 1.82) is 0 Å². The van der Waals surface area contributed by atoms with E-state index in [9.17, 15) is 0 Å². The Morgan fingerprint density at radius 2 is 0.882 bits per heavy atom. The SMILES string of the molecule is CCN(CC)C(c1ccccc1P(c1cc(C)cc(C)c1)c1cc(C)cc(C)c1)C1C=CC=C1P(c1cc(C)cc(C)c1)c1cc(C)cc(C)c1. The first kappa shape index (κ1) is 37.2. The third-order valence-electron chi connectivity index (χ3n) is 10.1. The van der Waals surface area contributed by atoms with E-state index in [1.807, 2.05) is 0 Å². The topological polar surface area (TPSA) is 3.24 Å². The molecular weight excluding hydrogens is 652 g/mol. The summed E-state index contributed by atoms with van der Waals surface area (Å²) in [6, 6.07) is 38.5. The normalized spacial score (nSPS) is 14.9. The van der Waals surface area contributed by atoms with Crippen LogP contribution in [0.25, 0.3) is 0 Å². The Balaban J connectivity index is 1.59. The summed E-state index contributed by atoms with van der Waals surface area (Å²) in [4.78, 5) is 2.72. The van der Waals surface area contributed by atoms with E-state index in [2.05, 4.69) is 189 Å². The molecule has 262 valence electrons. The monoisotopic (exact) mass is 707 g/mol. The molecule has 0 bridgehead atoms. The summed E-state index contributed by atoms with van der Waals surface area (Å²) in [6.45, 7) is 24.7. The minimum atomic E-state index is -0.813. The number of rotatable bonds is 11. The molecule has 2 atom stereocenters. The van der Waals surface area contributed by atoms with Gasteiger partial charge in [-0.2, -0.15) is 0 Å². The largest absolute Gasteiger partial charge is 0.296 e. The van der Waals surface area contributed by atoms with Crippen LogP contribution in [0.15, 0.2) is 121 Å². The number of nitrogens with zero attached hydrogens (tertiary/aromatic N) is 1. The zero-order valence-corrected chi connectivity index (χ0v) is 34.2. The molecule has 1 nitrogen and oxygen atoms in total. The lowest BCUT2D eigenvalue weighted by Gasteiger charge is -2.39. The third kappa shape index (κ3) is 8.23. The standard InChI is InChI=1S/C48H55NP2/c1-11-49(12-2)48(45-17-15-19-47(45)51(42-28-36(7)22-37(8)29-42)43-30-38(9)23-39(10)31-43)44-16-13-14-18-46(44)50(40-24-32(3)20-33(4)25-40)41-26-34(5)21-35(6)27-41/h13-31,45,48H,11-12H2,1-10H3. The molecule has 3 heteroatoms. The van der Waals surface area contributed by atoms with Crippen LogP contribution in [0, 0.1) is 61.3 Å². The van der Waals surface area contributed by atoms with Gasteiger partial charge in [0.05, 0.1) is 0 Å². The van der Waals surface area contributed by atoms with Crippen LogP contribution in [0.1, 0.15) is 70.0 Å². The predicted molar refractivity (Wildman–Crippen MR) is 228 cm³/mol. The highest BCUT2D eigenvalue weighted by molar-refractivity contribution is 7.80. The number of aryl methyl sites for hydroxylation is 8. The van der Waals surface area contributed by atoms with E-state index >= 15 is 0 Å². The third-order valence-corrected chi connectivity index (χ3v) is 15.0. The van der Waals surface area contributed by atoms with E-state index < -0.39 is 15.8 Å². The molecule has 0 fully saturated rings.